The monoisotopic (exact) mass is 276 g/mol. The SMILES string of the molecule is CCC1CC(C)CN1C(=O)c1ccc(C(=O)O)c(C)n1. The number of likely N-dealkylation sites (tertiary alicyclic amines) is 1. The first-order valence-corrected chi connectivity index (χ1v) is 6.96. The van der Waals surface area contributed by atoms with Crippen LogP contribution < -0.4 is 0 Å². The summed E-state index contributed by atoms with van der Waals surface area (Å²) in [7, 11) is 0. The van der Waals surface area contributed by atoms with Crippen molar-refractivity contribution in [3.05, 3.63) is 29.1 Å². The molecule has 0 aliphatic carbocycles. The largest absolute Gasteiger partial charge is 0.478 e. The van der Waals surface area contributed by atoms with Gasteiger partial charge in [-0.25, -0.2) is 9.78 Å². The molecule has 0 bridgehead atoms. The first kappa shape index (κ1) is 14.5. The minimum Gasteiger partial charge on any atom is -0.478 e. The van der Waals surface area contributed by atoms with E-state index in [0.717, 1.165) is 19.4 Å². The molecule has 0 aromatic carbocycles. The highest BCUT2D eigenvalue weighted by Gasteiger charge is 2.33. The number of carboxylic acids is 1. The summed E-state index contributed by atoms with van der Waals surface area (Å²) >= 11 is 0. The van der Waals surface area contributed by atoms with Gasteiger partial charge in [0.15, 0.2) is 0 Å². The van der Waals surface area contributed by atoms with E-state index in [1.54, 1.807) is 6.92 Å². The standard InChI is InChI=1S/C15H20N2O3/c1-4-11-7-9(2)8-17(11)14(18)13-6-5-12(15(19)20)10(3)16-13/h5-6,9,11H,4,7-8H2,1-3H3,(H,19,20). The number of aromatic carboxylic acids is 1. The second-order valence-corrected chi connectivity index (χ2v) is 5.50. The molecule has 5 heteroatoms. The second kappa shape index (κ2) is 5.61. The lowest BCUT2D eigenvalue weighted by Gasteiger charge is -2.23. The van der Waals surface area contributed by atoms with E-state index in [2.05, 4.69) is 18.8 Å². The molecule has 1 aromatic rings. The van der Waals surface area contributed by atoms with Crippen LogP contribution in [0, 0.1) is 12.8 Å². The number of aromatic nitrogens is 1. The number of rotatable bonds is 3. The first-order valence-electron chi connectivity index (χ1n) is 6.96. The molecule has 108 valence electrons. The van der Waals surface area contributed by atoms with Crippen molar-refractivity contribution < 1.29 is 14.7 Å². The van der Waals surface area contributed by atoms with Crippen LogP contribution in [0.5, 0.6) is 0 Å². The number of hydrogen-bond acceptors (Lipinski definition) is 3. The zero-order valence-electron chi connectivity index (χ0n) is 12.1. The van der Waals surface area contributed by atoms with Gasteiger partial charge in [0.2, 0.25) is 0 Å². The number of amides is 1. The van der Waals surface area contributed by atoms with E-state index in [9.17, 15) is 9.59 Å². The molecule has 1 N–H and O–H groups in total. The molecule has 1 saturated heterocycles. The molecular weight excluding hydrogens is 256 g/mol. The highest BCUT2D eigenvalue weighted by molar-refractivity contribution is 5.94. The Morgan fingerprint density at radius 3 is 2.70 bits per heavy atom. The highest BCUT2D eigenvalue weighted by atomic mass is 16.4. The van der Waals surface area contributed by atoms with Crippen LogP contribution in [0.3, 0.4) is 0 Å². The number of carbonyl (C=O) groups is 2. The van der Waals surface area contributed by atoms with Gasteiger partial charge in [0.25, 0.3) is 5.91 Å². The van der Waals surface area contributed by atoms with Crippen molar-refractivity contribution >= 4 is 11.9 Å². The van der Waals surface area contributed by atoms with E-state index in [1.807, 2.05) is 4.90 Å². The van der Waals surface area contributed by atoms with Crippen LogP contribution in [0.25, 0.3) is 0 Å². The number of carbonyl (C=O) groups excluding carboxylic acids is 1. The molecular formula is C15H20N2O3. The predicted octanol–water partition coefficient (Wildman–Crippen LogP) is 2.35. The molecule has 1 aliphatic rings. The molecule has 2 heterocycles. The Hall–Kier alpha value is -1.91. The average Bonchev–Trinajstić information content (AvgIpc) is 2.78. The fourth-order valence-corrected chi connectivity index (χ4v) is 2.84. The van der Waals surface area contributed by atoms with E-state index in [4.69, 9.17) is 5.11 Å². The predicted molar refractivity (Wildman–Crippen MR) is 74.8 cm³/mol. The topological polar surface area (TPSA) is 70.5 Å². The number of carboxylic acid groups (broad SMARTS) is 1. The van der Waals surface area contributed by atoms with Crippen molar-refractivity contribution in [3.63, 3.8) is 0 Å². The molecule has 1 amide bonds. The molecule has 1 fully saturated rings. The molecule has 2 atom stereocenters. The molecule has 0 radical (unpaired) electrons. The van der Waals surface area contributed by atoms with Gasteiger partial charge in [0.1, 0.15) is 5.69 Å². The molecule has 1 aromatic heterocycles. The third-order valence-corrected chi connectivity index (χ3v) is 3.89. The summed E-state index contributed by atoms with van der Waals surface area (Å²) in [5.41, 5.74) is 0.854. The van der Waals surface area contributed by atoms with Gasteiger partial charge in [-0.05, 0) is 37.8 Å². The van der Waals surface area contributed by atoms with E-state index in [0.29, 0.717) is 17.3 Å². The summed E-state index contributed by atoms with van der Waals surface area (Å²) in [5, 5.41) is 8.99. The number of pyridine rings is 1. The van der Waals surface area contributed by atoms with Gasteiger partial charge in [-0.1, -0.05) is 13.8 Å². The molecule has 2 unspecified atom stereocenters. The smallest absolute Gasteiger partial charge is 0.337 e. The average molecular weight is 276 g/mol. The summed E-state index contributed by atoms with van der Waals surface area (Å²) in [5.74, 6) is -0.611. The maximum Gasteiger partial charge on any atom is 0.337 e. The Morgan fingerprint density at radius 1 is 1.45 bits per heavy atom. The zero-order chi connectivity index (χ0) is 14.9. The van der Waals surface area contributed by atoms with Gasteiger partial charge in [0.05, 0.1) is 11.3 Å². The summed E-state index contributed by atoms with van der Waals surface area (Å²) < 4.78 is 0. The third-order valence-electron chi connectivity index (χ3n) is 3.89. The van der Waals surface area contributed by atoms with Crippen molar-refractivity contribution in [3.8, 4) is 0 Å². The Bertz CT molecular complexity index is 542. The second-order valence-electron chi connectivity index (χ2n) is 5.50. The van der Waals surface area contributed by atoms with Crippen LogP contribution >= 0.6 is 0 Å². The van der Waals surface area contributed by atoms with Crippen LogP contribution in [-0.2, 0) is 0 Å². The molecule has 0 saturated carbocycles. The fourth-order valence-electron chi connectivity index (χ4n) is 2.84. The number of nitrogens with zero attached hydrogens (tertiary/aromatic N) is 2. The zero-order valence-corrected chi connectivity index (χ0v) is 12.1. The van der Waals surface area contributed by atoms with E-state index < -0.39 is 5.97 Å². The molecule has 0 spiro atoms. The van der Waals surface area contributed by atoms with Crippen molar-refractivity contribution in [1.29, 1.82) is 0 Å². The van der Waals surface area contributed by atoms with Crippen LogP contribution in [0.15, 0.2) is 12.1 Å². The van der Waals surface area contributed by atoms with Crippen LogP contribution in [0.2, 0.25) is 0 Å². The summed E-state index contributed by atoms with van der Waals surface area (Å²) in [6.07, 6.45) is 1.96. The van der Waals surface area contributed by atoms with Gasteiger partial charge in [0, 0.05) is 12.6 Å². The Balaban J connectivity index is 2.25. The van der Waals surface area contributed by atoms with E-state index in [-0.39, 0.29) is 17.5 Å². The number of aryl methyl sites for hydroxylation is 1. The van der Waals surface area contributed by atoms with Crippen LogP contribution in [-0.4, -0.2) is 39.5 Å². The maximum atomic E-state index is 12.5. The molecule has 2 rings (SSSR count). The van der Waals surface area contributed by atoms with Crippen LogP contribution in [0.4, 0.5) is 0 Å². The fraction of sp³-hybridized carbons (Fsp3) is 0.533. The van der Waals surface area contributed by atoms with E-state index >= 15 is 0 Å². The lowest BCUT2D eigenvalue weighted by Crippen LogP contribution is -2.36. The Labute approximate surface area is 118 Å². The van der Waals surface area contributed by atoms with Crippen LogP contribution in [0.1, 0.15) is 53.2 Å². The van der Waals surface area contributed by atoms with Gasteiger partial charge < -0.3 is 10.0 Å². The maximum absolute atomic E-state index is 12.5. The van der Waals surface area contributed by atoms with Gasteiger partial charge in [-0.3, -0.25) is 4.79 Å². The highest BCUT2D eigenvalue weighted by Crippen LogP contribution is 2.26. The van der Waals surface area contributed by atoms with E-state index in [1.165, 1.54) is 12.1 Å². The van der Waals surface area contributed by atoms with Crippen molar-refractivity contribution in [2.45, 2.75) is 39.7 Å². The quantitative estimate of drug-likeness (QED) is 0.920. The Kier molecular flexibility index (Phi) is 4.06. The molecule has 20 heavy (non-hydrogen) atoms. The summed E-state index contributed by atoms with van der Waals surface area (Å²) in [6, 6.07) is 3.23. The third kappa shape index (κ3) is 2.66. The molecule has 1 aliphatic heterocycles. The van der Waals surface area contributed by atoms with Crippen molar-refractivity contribution in [2.75, 3.05) is 6.54 Å². The van der Waals surface area contributed by atoms with Crippen molar-refractivity contribution in [1.82, 2.24) is 9.88 Å². The lowest BCUT2D eigenvalue weighted by molar-refractivity contribution is 0.0688. The van der Waals surface area contributed by atoms with Gasteiger partial charge >= 0.3 is 5.97 Å². The lowest BCUT2D eigenvalue weighted by atomic mass is 10.1. The number of hydrogen-bond donors (Lipinski definition) is 1. The molecule has 5 nitrogen and oxygen atoms in total. The minimum absolute atomic E-state index is 0.0961. The van der Waals surface area contributed by atoms with Gasteiger partial charge in [-0.2, -0.15) is 0 Å². The minimum atomic E-state index is -1.02. The first-order chi connectivity index (χ1) is 9.43. The summed E-state index contributed by atoms with van der Waals surface area (Å²) in [6.45, 7) is 6.58. The van der Waals surface area contributed by atoms with Crippen molar-refractivity contribution in [2.24, 2.45) is 5.92 Å². The summed E-state index contributed by atoms with van der Waals surface area (Å²) in [4.78, 5) is 29.5. The van der Waals surface area contributed by atoms with Gasteiger partial charge in [-0.15, -0.1) is 0 Å². The Morgan fingerprint density at radius 2 is 2.15 bits per heavy atom. The normalized spacial score (nSPS) is 22.1.